The minimum atomic E-state index is -0.534. The van der Waals surface area contributed by atoms with E-state index < -0.39 is 11.8 Å². The van der Waals surface area contributed by atoms with Gasteiger partial charge in [-0.25, -0.2) is 0 Å². The fourth-order valence-corrected chi connectivity index (χ4v) is 2.89. The summed E-state index contributed by atoms with van der Waals surface area (Å²) < 4.78 is 0.648. The van der Waals surface area contributed by atoms with Crippen LogP contribution in [0, 0.1) is 11.3 Å². The summed E-state index contributed by atoms with van der Waals surface area (Å²) in [6.45, 7) is -0.301. The Kier molecular flexibility index (Phi) is 4.15. The smallest absolute Gasteiger partial charge is 0.262 e. The number of nitrogens with zero attached hydrogens (tertiary/aromatic N) is 2. The molecule has 7 heteroatoms. The van der Waals surface area contributed by atoms with E-state index in [4.69, 9.17) is 5.26 Å². The second-order valence-corrected chi connectivity index (χ2v) is 5.90. The minimum Gasteiger partial charge on any atom is -0.322 e. The Balaban J connectivity index is 1.88. The summed E-state index contributed by atoms with van der Waals surface area (Å²) in [7, 11) is 0. The van der Waals surface area contributed by atoms with Gasteiger partial charge < -0.3 is 5.32 Å². The molecule has 3 amide bonds. The monoisotopic (exact) mass is 383 g/mol. The second kappa shape index (κ2) is 6.26. The van der Waals surface area contributed by atoms with Crippen LogP contribution in [0.4, 0.5) is 5.69 Å². The van der Waals surface area contributed by atoms with Crippen LogP contribution < -0.4 is 5.32 Å². The first kappa shape index (κ1) is 15.9. The van der Waals surface area contributed by atoms with Crippen LogP contribution in [0.5, 0.6) is 0 Å². The third kappa shape index (κ3) is 2.68. The van der Waals surface area contributed by atoms with Crippen LogP contribution in [0.1, 0.15) is 31.1 Å². The van der Waals surface area contributed by atoms with Crippen molar-refractivity contribution in [1.29, 1.82) is 5.26 Å². The highest BCUT2D eigenvalue weighted by molar-refractivity contribution is 9.10. The van der Waals surface area contributed by atoms with Crippen LogP contribution in [0.25, 0.3) is 0 Å². The molecule has 0 fully saturated rings. The molecule has 0 aromatic heterocycles. The highest BCUT2D eigenvalue weighted by Gasteiger charge is 2.35. The molecular formula is C17H10BrN3O3. The number of carbonyl (C=O) groups excluding carboxylic acids is 3. The first-order valence-corrected chi connectivity index (χ1v) is 7.75. The lowest BCUT2D eigenvalue weighted by Gasteiger charge is -2.08. The van der Waals surface area contributed by atoms with Crippen LogP contribution in [0.3, 0.4) is 0 Å². The van der Waals surface area contributed by atoms with E-state index in [0.717, 1.165) is 4.90 Å². The molecule has 0 bridgehead atoms. The molecule has 0 atom stereocenters. The molecule has 1 aliphatic heterocycles. The Morgan fingerprint density at radius 2 is 1.83 bits per heavy atom. The highest BCUT2D eigenvalue weighted by atomic mass is 79.9. The number of fused-ring (bicyclic) bond motifs is 1. The summed E-state index contributed by atoms with van der Waals surface area (Å²) in [4.78, 5) is 37.4. The molecular weight excluding hydrogens is 374 g/mol. The lowest BCUT2D eigenvalue weighted by molar-refractivity contribution is 0.0673. The Hall–Kier alpha value is -2.98. The van der Waals surface area contributed by atoms with Gasteiger partial charge in [-0.3, -0.25) is 19.3 Å². The molecule has 1 N–H and O–H groups in total. The molecule has 0 saturated heterocycles. The normalized spacial score (nSPS) is 12.8. The number of anilines is 1. The number of hydrogen-bond acceptors (Lipinski definition) is 4. The van der Waals surface area contributed by atoms with E-state index in [1.807, 2.05) is 0 Å². The summed E-state index contributed by atoms with van der Waals surface area (Å²) in [5, 5.41) is 11.4. The highest BCUT2D eigenvalue weighted by Crippen LogP contribution is 2.26. The molecule has 1 aliphatic rings. The summed E-state index contributed by atoms with van der Waals surface area (Å²) in [5.74, 6) is -1.37. The Morgan fingerprint density at radius 3 is 2.54 bits per heavy atom. The third-order valence-electron chi connectivity index (χ3n) is 3.58. The Bertz CT molecular complexity index is 918. The molecule has 0 aliphatic carbocycles. The zero-order chi connectivity index (χ0) is 17.3. The van der Waals surface area contributed by atoms with E-state index in [1.165, 1.54) is 12.1 Å². The molecule has 118 valence electrons. The quantitative estimate of drug-likeness (QED) is 0.651. The van der Waals surface area contributed by atoms with E-state index in [9.17, 15) is 14.4 Å². The van der Waals surface area contributed by atoms with Gasteiger partial charge in [0, 0.05) is 10.2 Å². The number of hydrogen-bond donors (Lipinski definition) is 1. The van der Waals surface area contributed by atoms with E-state index in [-0.39, 0.29) is 23.6 Å². The molecule has 3 rings (SSSR count). The van der Waals surface area contributed by atoms with Gasteiger partial charge in [-0.2, -0.15) is 5.26 Å². The van der Waals surface area contributed by atoms with Crippen molar-refractivity contribution in [1.82, 2.24) is 4.90 Å². The van der Waals surface area contributed by atoms with Crippen LogP contribution in [0.2, 0.25) is 0 Å². The van der Waals surface area contributed by atoms with Crippen LogP contribution >= 0.6 is 15.9 Å². The van der Waals surface area contributed by atoms with Crippen molar-refractivity contribution in [2.24, 2.45) is 0 Å². The zero-order valence-corrected chi connectivity index (χ0v) is 13.8. The maximum Gasteiger partial charge on any atom is 0.262 e. The van der Waals surface area contributed by atoms with E-state index >= 15 is 0 Å². The van der Waals surface area contributed by atoms with Crippen molar-refractivity contribution in [3.05, 3.63) is 63.6 Å². The molecule has 24 heavy (non-hydrogen) atoms. The lowest BCUT2D eigenvalue weighted by atomic mass is 10.1. The lowest BCUT2D eigenvalue weighted by Crippen LogP contribution is -2.29. The van der Waals surface area contributed by atoms with Gasteiger partial charge in [0.2, 0.25) is 0 Å². The molecule has 2 aromatic rings. The Morgan fingerprint density at radius 1 is 1.12 bits per heavy atom. The molecule has 0 saturated carbocycles. The first-order chi connectivity index (χ1) is 11.5. The van der Waals surface area contributed by atoms with Crippen molar-refractivity contribution >= 4 is 39.3 Å². The molecule has 6 nitrogen and oxygen atoms in total. The number of nitrogens with one attached hydrogen (secondary N) is 1. The summed E-state index contributed by atoms with van der Waals surface area (Å²) in [6.07, 6.45) is 0. The standard InChI is InChI=1S/C17H10BrN3O3/c18-14-4-2-1-3-12(14)15(22)20-10-5-6-11-13(9-10)17(24)21(8-7-19)16(11)23/h1-6,9H,8H2,(H,20,22). The van der Waals surface area contributed by atoms with Gasteiger partial charge >= 0.3 is 0 Å². The second-order valence-electron chi connectivity index (χ2n) is 5.05. The SMILES string of the molecule is N#CCN1C(=O)c2ccc(NC(=O)c3ccccc3Br)cc2C1=O. The maximum atomic E-state index is 12.3. The number of nitriles is 1. The molecule has 2 aromatic carbocycles. The van der Waals surface area contributed by atoms with Crippen molar-refractivity contribution in [2.45, 2.75) is 0 Å². The third-order valence-corrected chi connectivity index (χ3v) is 4.27. The topological polar surface area (TPSA) is 90.3 Å². The van der Waals surface area contributed by atoms with E-state index in [1.54, 1.807) is 36.4 Å². The fourth-order valence-electron chi connectivity index (χ4n) is 2.43. The van der Waals surface area contributed by atoms with Crippen molar-refractivity contribution in [3.8, 4) is 6.07 Å². The number of amides is 3. The van der Waals surface area contributed by atoms with Crippen LogP contribution in [0.15, 0.2) is 46.9 Å². The minimum absolute atomic E-state index is 0.181. The Labute approximate surface area is 145 Å². The van der Waals surface area contributed by atoms with Crippen molar-refractivity contribution < 1.29 is 14.4 Å². The summed E-state index contributed by atoms with van der Waals surface area (Å²) in [6, 6.07) is 13.2. The first-order valence-electron chi connectivity index (χ1n) is 6.96. The summed E-state index contributed by atoms with van der Waals surface area (Å²) in [5.41, 5.74) is 1.26. The fraction of sp³-hybridized carbons (Fsp3) is 0.0588. The number of benzene rings is 2. The molecule has 1 heterocycles. The van der Waals surface area contributed by atoms with Gasteiger partial charge in [-0.05, 0) is 46.3 Å². The predicted molar refractivity (Wildman–Crippen MR) is 89.5 cm³/mol. The largest absolute Gasteiger partial charge is 0.322 e. The van der Waals surface area contributed by atoms with Crippen LogP contribution in [-0.2, 0) is 0 Å². The van der Waals surface area contributed by atoms with Gasteiger partial charge in [0.1, 0.15) is 6.54 Å². The maximum absolute atomic E-state index is 12.3. The zero-order valence-electron chi connectivity index (χ0n) is 12.2. The van der Waals surface area contributed by atoms with Crippen molar-refractivity contribution in [3.63, 3.8) is 0 Å². The van der Waals surface area contributed by atoms with E-state index in [0.29, 0.717) is 15.7 Å². The summed E-state index contributed by atoms with van der Waals surface area (Å²) >= 11 is 3.31. The molecule has 0 unspecified atom stereocenters. The number of rotatable bonds is 3. The number of imide groups is 1. The predicted octanol–water partition coefficient (Wildman–Crippen LogP) is 2.82. The van der Waals surface area contributed by atoms with Crippen molar-refractivity contribution in [2.75, 3.05) is 11.9 Å². The van der Waals surface area contributed by atoms with Gasteiger partial charge in [0.05, 0.1) is 22.8 Å². The molecule has 0 radical (unpaired) electrons. The average Bonchev–Trinajstić information content (AvgIpc) is 2.80. The van der Waals surface area contributed by atoms with Gasteiger partial charge in [-0.1, -0.05) is 12.1 Å². The van der Waals surface area contributed by atoms with Gasteiger partial charge in [0.15, 0.2) is 0 Å². The van der Waals surface area contributed by atoms with E-state index in [2.05, 4.69) is 21.2 Å². The number of halogens is 1. The van der Waals surface area contributed by atoms with Crippen LogP contribution in [-0.4, -0.2) is 29.2 Å². The van der Waals surface area contributed by atoms with Gasteiger partial charge in [-0.15, -0.1) is 0 Å². The average molecular weight is 384 g/mol. The number of carbonyl (C=O) groups is 3. The molecule has 0 spiro atoms. The van der Waals surface area contributed by atoms with Gasteiger partial charge in [0.25, 0.3) is 17.7 Å².